The number of aryl methyl sites for hydroxylation is 1. The van der Waals surface area contributed by atoms with Crippen molar-refractivity contribution in [2.24, 2.45) is 0 Å². The zero-order valence-electron chi connectivity index (χ0n) is 18.5. The van der Waals surface area contributed by atoms with Crippen molar-refractivity contribution >= 4 is 17.5 Å². The van der Waals surface area contributed by atoms with Crippen LogP contribution in [0.15, 0.2) is 59.8 Å². The molecule has 3 aromatic rings. The van der Waals surface area contributed by atoms with Crippen molar-refractivity contribution < 1.29 is 19.0 Å². The molecule has 33 heavy (non-hydrogen) atoms. The lowest BCUT2D eigenvalue weighted by Gasteiger charge is -2.28. The van der Waals surface area contributed by atoms with Gasteiger partial charge in [-0.25, -0.2) is 9.07 Å². The lowest BCUT2D eigenvalue weighted by molar-refractivity contribution is -0.113. The van der Waals surface area contributed by atoms with Crippen LogP contribution < -0.4 is 15.4 Å². The van der Waals surface area contributed by atoms with Crippen LogP contribution in [-0.4, -0.2) is 39.0 Å². The number of hydrogen-bond acceptors (Lipinski definition) is 6. The number of amides is 1. The second-order valence-corrected chi connectivity index (χ2v) is 7.65. The van der Waals surface area contributed by atoms with Crippen molar-refractivity contribution in [2.45, 2.75) is 32.7 Å². The minimum atomic E-state index is -0.534. The molecule has 1 aromatic heterocycles. The summed E-state index contributed by atoms with van der Waals surface area (Å²) in [5.41, 5.74) is 2.43. The first-order valence-electron chi connectivity index (χ1n) is 10.8. The molecule has 0 radical (unpaired) electrons. The number of carbonyl (C=O) groups excluding carboxylic acids is 1. The Hall–Kier alpha value is -3.72. The van der Waals surface area contributed by atoms with Crippen molar-refractivity contribution in [3.8, 4) is 5.75 Å². The summed E-state index contributed by atoms with van der Waals surface area (Å²) in [7, 11) is 0. The number of nitrogens with one attached hydrogen (secondary N) is 2. The summed E-state index contributed by atoms with van der Waals surface area (Å²) in [6.45, 7) is 4.33. The van der Waals surface area contributed by atoms with E-state index in [1.54, 1.807) is 4.68 Å². The van der Waals surface area contributed by atoms with Crippen molar-refractivity contribution in [1.82, 2.24) is 14.8 Å². The Morgan fingerprint density at radius 2 is 1.94 bits per heavy atom. The number of allylic oxidation sites excluding steroid dienone is 1. The lowest BCUT2D eigenvalue weighted by Crippen LogP contribution is -2.31. The number of anilines is 2. The van der Waals surface area contributed by atoms with E-state index in [2.05, 4.69) is 20.7 Å². The molecule has 0 spiro atoms. The normalized spacial score (nSPS) is 15.1. The zero-order valence-corrected chi connectivity index (χ0v) is 18.5. The topological polar surface area (TPSA) is 101 Å². The Balaban J connectivity index is 1.73. The maximum absolute atomic E-state index is 13.4. The van der Waals surface area contributed by atoms with Gasteiger partial charge in [0.2, 0.25) is 5.95 Å². The molecule has 1 amide bonds. The highest BCUT2D eigenvalue weighted by molar-refractivity contribution is 6.06. The summed E-state index contributed by atoms with van der Waals surface area (Å²) in [5.74, 6) is 1.13. The first-order valence-corrected chi connectivity index (χ1v) is 10.8. The molecule has 0 fully saturated rings. The van der Waals surface area contributed by atoms with E-state index in [0.29, 0.717) is 48.2 Å². The molecule has 172 valence electrons. The molecule has 4 rings (SSSR count). The number of rotatable bonds is 8. The summed E-state index contributed by atoms with van der Waals surface area (Å²) < 4.78 is 20.5. The Kier molecular flexibility index (Phi) is 6.69. The summed E-state index contributed by atoms with van der Waals surface area (Å²) in [6, 6.07) is 12.6. The number of aliphatic hydroxyl groups is 1. The number of fused-ring (bicyclic) bond motifs is 1. The van der Waals surface area contributed by atoms with Crippen molar-refractivity contribution in [3.05, 3.63) is 77.0 Å². The zero-order chi connectivity index (χ0) is 23.4. The summed E-state index contributed by atoms with van der Waals surface area (Å²) in [5, 5.41) is 19.8. The molecule has 3 N–H and O–H groups in total. The van der Waals surface area contributed by atoms with Crippen LogP contribution in [0.3, 0.4) is 0 Å². The van der Waals surface area contributed by atoms with Gasteiger partial charge in [-0.3, -0.25) is 4.79 Å². The van der Waals surface area contributed by atoms with Crippen LogP contribution >= 0.6 is 0 Å². The van der Waals surface area contributed by atoms with Crippen LogP contribution in [0.1, 0.15) is 37.7 Å². The fourth-order valence-corrected chi connectivity index (χ4v) is 3.79. The van der Waals surface area contributed by atoms with E-state index in [-0.39, 0.29) is 18.3 Å². The number of carbonyl (C=O) groups is 1. The summed E-state index contributed by atoms with van der Waals surface area (Å²) >= 11 is 0. The van der Waals surface area contributed by atoms with E-state index in [1.807, 2.05) is 38.1 Å². The Morgan fingerprint density at radius 1 is 1.21 bits per heavy atom. The number of ether oxygens (including phenoxy) is 1. The molecular formula is C24H26FN5O3. The summed E-state index contributed by atoms with van der Waals surface area (Å²) in [6.07, 6.45) is 1.06. The smallest absolute Gasteiger partial charge is 0.255 e. The van der Waals surface area contributed by atoms with Gasteiger partial charge in [-0.05, 0) is 62.2 Å². The largest absolute Gasteiger partial charge is 0.494 e. The predicted molar refractivity (Wildman–Crippen MR) is 123 cm³/mol. The molecule has 1 aliphatic heterocycles. The van der Waals surface area contributed by atoms with Gasteiger partial charge < -0.3 is 20.5 Å². The van der Waals surface area contributed by atoms with E-state index in [4.69, 9.17) is 9.84 Å². The molecule has 0 unspecified atom stereocenters. The highest BCUT2D eigenvalue weighted by atomic mass is 19.1. The van der Waals surface area contributed by atoms with Gasteiger partial charge in [-0.15, -0.1) is 0 Å². The first-order chi connectivity index (χ1) is 16.0. The molecule has 0 saturated heterocycles. The Bertz CT molecular complexity index is 1160. The SMILES string of the molecule is CCOc1ccc([C@H]2C(C(=O)Nc3ccc(F)cc3)=C(C)Nc3nc(CCCO)nn32)cc1. The Morgan fingerprint density at radius 3 is 2.61 bits per heavy atom. The molecule has 9 heteroatoms. The fourth-order valence-electron chi connectivity index (χ4n) is 3.79. The number of nitrogens with zero attached hydrogens (tertiary/aromatic N) is 3. The molecule has 1 atom stereocenters. The fraction of sp³-hybridized carbons (Fsp3) is 0.292. The molecule has 0 bridgehead atoms. The van der Waals surface area contributed by atoms with E-state index >= 15 is 0 Å². The number of halogens is 1. The Labute approximate surface area is 191 Å². The molecule has 2 aromatic carbocycles. The second-order valence-electron chi connectivity index (χ2n) is 7.65. The quantitative estimate of drug-likeness (QED) is 0.483. The van der Waals surface area contributed by atoms with Crippen LogP contribution in [0.2, 0.25) is 0 Å². The van der Waals surface area contributed by atoms with Gasteiger partial charge in [0.15, 0.2) is 5.82 Å². The van der Waals surface area contributed by atoms with Crippen LogP contribution in [0.5, 0.6) is 5.75 Å². The predicted octanol–water partition coefficient (Wildman–Crippen LogP) is 3.67. The van der Waals surface area contributed by atoms with Gasteiger partial charge in [0.05, 0.1) is 12.2 Å². The van der Waals surface area contributed by atoms with Gasteiger partial charge >= 0.3 is 0 Å². The molecule has 2 heterocycles. The third-order valence-corrected chi connectivity index (χ3v) is 5.31. The summed E-state index contributed by atoms with van der Waals surface area (Å²) in [4.78, 5) is 17.9. The standard InChI is InChI=1S/C24H26FN5O3/c1-3-33-19-12-6-16(7-13-19)22-21(23(32)27-18-10-8-17(25)9-11-18)15(2)26-24-28-20(5-4-14-31)29-30(22)24/h6-13,22,31H,3-5,14H2,1-2H3,(H,27,32)(H,26,28,29)/t22-/m0/s1. The number of aliphatic hydroxyl groups excluding tert-OH is 1. The second kappa shape index (κ2) is 9.83. The number of aromatic nitrogens is 3. The lowest BCUT2D eigenvalue weighted by atomic mass is 9.95. The third-order valence-electron chi connectivity index (χ3n) is 5.31. The van der Waals surface area contributed by atoms with Crippen molar-refractivity contribution in [2.75, 3.05) is 23.8 Å². The maximum atomic E-state index is 13.4. The number of hydrogen-bond donors (Lipinski definition) is 3. The van der Waals surface area contributed by atoms with Crippen LogP contribution in [-0.2, 0) is 11.2 Å². The molecule has 8 nitrogen and oxygen atoms in total. The minimum Gasteiger partial charge on any atom is -0.494 e. The van der Waals surface area contributed by atoms with E-state index in [1.165, 1.54) is 24.3 Å². The molecule has 0 saturated carbocycles. The van der Waals surface area contributed by atoms with Crippen LogP contribution in [0.4, 0.5) is 16.0 Å². The highest BCUT2D eigenvalue weighted by Gasteiger charge is 2.34. The monoisotopic (exact) mass is 451 g/mol. The maximum Gasteiger partial charge on any atom is 0.255 e. The average molecular weight is 452 g/mol. The van der Waals surface area contributed by atoms with Crippen molar-refractivity contribution in [3.63, 3.8) is 0 Å². The van der Waals surface area contributed by atoms with Crippen LogP contribution in [0.25, 0.3) is 0 Å². The van der Waals surface area contributed by atoms with E-state index in [0.717, 1.165) is 11.3 Å². The molecule has 1 aliphatic rings. The van der Waals surface area contributed by atoms with Gasteiger partial charge in [-0.2, -0.15) is 10.1 Å². The van der Waals surface area contributed by atoms with E-state index < -0.39 is 6.04 Å². The van der Waals surface area contributed by atoms with E-state index in [9.17, 15) is 9.18 Å². The van der Waals surface area contributed by atoms with Crippen molar-refractivity contribution in [1.29, 1.82) is 0 Å². The minimum absolute atomic E-state index is 0.0439. The molecule has 0 aliphatic carbocycles. The number of benzene rings is 2. The van der Waals surface area contributed by atoms with Gasteiger partial charge in [0.25, 0.3) is 5.91 Å². The third kappa shape index (κ3) is 4.88. The van der Waals surface area contributed by atoms with Crippen LogP contribution in [0, 0.1) is 5.82 Å². The molecular weight excluding hydrogens is 425 g/mol. The highest BCUT2D eigenvalue weighted by Crippen LogP contribution is 2.36. The first kappa shape index (κ1) is 22.5. The van der Waals surface area contributed by atoms with Gasteiger partial charge in [-0.1, -0.05) is 12.1 Å². The van der Waals surface area contributed by atoms with Gasteiger partial charge in [0, 0.05) is 24.4 Å². The van der Waals surface area contributed by atoms with Gasteiger partial charge in [0.1, 0.15) is 17.6 Å². The average Bonchev–Trinajstić information content (AvgIpc) is 3.21.